The number of amidine groups is 1. The van der Waals surface area contributed by atoms with E-state index in [4.69, 9.17) is 4.74 Å². The first kappa shape index (κ1) is 23.7. The van der Waals surface area contributed by atoms with Crippen LogP contribution in [-0.2, 0) is 16.1 Å². The number of anilines is 1. The Labute approximate surface area is 241 Å². The highest BCUT2D eigenvalue weighted by atomic mass is 19.1. The van der Waals surface area contributed by atoms with Crippen LogP contribution in [0, 0.1) is 52.2 Å². The zero-order chi connectivity index (χ0) is 29.0. The van der Waals surface area contributed by atoms with E-state index in [1.807, 2.05) is 0 Å². The van der Waals surface area contributed by atoms with Gasteiger partial charge in [0.2, 0.25) is 5.91 Å². The first-order valence-corrected chi connectivity index (χ1v) is 14.3. The maximum Gasteiger partial charge on any atom is 0.270 e. The van der Waals surface area contributed by atoms with Gasteiger partial charge in [-0.25, -0.2) is 13.9 Å². The summed E-state index contributed by atoms with van der Waals surface area (Å²) in [6, 6.07) is 6.47. The van der Waals surface area contributed by atoms with E-state index < -0.39 is 17.6 Å². The molecule has 43 heavy (non-hydrogen) atoms. The average Bonchev–Trinajstić information content (AvgIpc) is 3.63. The molecule has 8 aliphatic rings. The Balaban J connectivity index is 0.850. The molecule has 0 radical (unpaired) electrons. The second-order valence-corrected chi connectivity index (χ2v) is 12.7. The van der Waals surface area contributed by atoms with Crippen molar-refractivity contribution in [2.45, 2.75) is 6.54 Å². The standard InChI is InChI=1S/C29H23FN8O5/c30-11-6-34-38-14(4-13(36-24(11)38)25(41)31-5-10-1-2-15-12(3-10)35-17(40)8-43-15)26(42)33-9-28-18-21-19(28)23-20(28)22(18)29(21,23)27-32-7-16(39)37-27/h1-4,6,18-23H,5,7-9H2,(H,31,41)(H,33,42)(H,35,40)(H,32,37,39). The number of aliphatic imine (C=N–C) groups is 1. The van der Waals surface area contributed by atoms with Crippen molar-refractivity contribution in [3.05, 3.63) is 53.2 Å². The third-order valence-electron chi connectivity index (χ3n) is 11.5. The number of benzene rings is 1. The van der Waals surface area contributed by atoms with Crippen LogP contribution in [0.15, 0.2) is 35.5 Å². The number of nitrogens with zero attached hydrogens (tertiary/aromatic N) is 4. The average molecular weight is 583 g/mol. The first-order valence-electron chi connectivity index (χ1n) is 14.3. The van der Waals surface area contributed by atoms with E-state index in [0.717, 1.165) is 16.5 Å². The highest BCUT2D eigenvalue weighted by Gasteiger charge is 3.10. The Morgan fingerprint density at radius 2 is 1.81 bits per heavy atom. The van der Waals surface area contributed by atoms with Crippen LogP contribution in [0.25, 0.3) is 5.65 Å². The van der Waals surface area contributed by atoms with Gasteiger partial charge in [0, 0.05) is 24.6 Å². The minimum atomic E-state index is -0.748. The second-order valence-electron chi connectivity index (χ2n) is 12.7. The lowest BCUT2D eigenvalue weighted by Crippen LogP contribution is -3.12. The minimum Gasteiger partial charge on any atom is -0.482 e. The van der Waals surface area contributed by atoms with Crippen LogP contribution in [0.1, 0.15) is 26.5 Å². The number of halogens is 1. The lowest BCUT2D eigenvalue weighted by Gasteiger charge is -3.11. The van der Waals surface area contributed by atoms with E-state index in [1.54, 1.807) is 18.2 Å². The molecule has 0 atom stereocenters. The van der Waals surface area contributed by atoms with E-state index in [9.17, 15) is 23.6 Å². The summed E-state index contributed by atoms with van der Waals surface area (Å²) in [6.45, 7) is 0.784. The molecule has 216 valence electrons. The van der Waals surface area contributed by atoms with Gasteiger partial charge in [0.05, 0.1) is 11.9 Å². The third-order valence-corrected chi connectivity index (χ3v) is 11.5. The molecular weight excluding hydrogens is 559 g/mol. The quantitative estimate of drug-likeness (QED) is 0.307. The maximum atomic E-state index is 14.6. The summed E-state index contributed by atoms with van der Waals surface area (Å²) in [4.78, 5) is 58.6. The molecule has 6 fully saturated rings. The molecule has 1 aromatic carbocycles. The molecule has 14 heteroatoms. The summed E-state index contributed by atoms with van der Waals surface area (Å²) in [5.41, 5.74) is 1.07. The van der Waals surface area contributed by atoms with Crippen LogP contribution < -0.4 is 26.0 Å². The molecule has 2 aromatic heterocycles. The zero-order valence-corrected chi connectivity index (χ0v) is 22.4. The van der Waals surface area contributed by atoms with Gasteiger partial charge in [-0.3, -0.25) is 24.2 Å². The summed E-state index contributed by atoms with van der Waals surface area (Å²) >= 11 is 0. The van der Waals surface area contributed by atoms with Crippen molar-refractivity contribution in [3.8, 4) is 5.75 Å². The largest absolute Gasteiger partial charge is 0.482 e. The Morgan fingerprint density at radius 1 is 1.02 bits per heavy atom. The van der Waals surface area contributed by atoms with E-state index in [0.29, 0.717) is 59.1 Å². The number of carbonyl (C=O) groups excluding carboxylic acids is 4. The third kappa shape index (κ3) is 2.47. The van der Waals surface area contributed by atoms with E-state index in [1.165, 1.54) is 6.07 Å². The van der Waals surface area contributed by atoms with E-state index in [2.05, 4.69) is 36.3 Å². The van der Waals surface area contributed by atoms with Crippen molar-refractivity contribution < 1.29 is 28.3 Å². The number of fused-ring (bicyclic) bond motifs is 2. The van der Waals surface area contributed by atoms with Crippen LogP contribution in [0.3, 0.4) is 0 Å². The molecule has 4 amide bonds. The van der Waals surface area contributed by atoms with E-state index >= 15 is 0 Å². The van der Waals surface area contributed by atoms with Gasteiger partial charge >= 0.3 is 0 Å². The topological polar surface area (TPSA) is 168 Å². The smallest absolute Gasteiger partial charge is 0.270 e. The second kappa shape index (κ2) is 7.36. The highest BCUT2D eigenvalue weighted by molar-refractivity contribution is 6.10. The number of hydrogen-bond acceptors (Lipinski definition) is 8. The summed E-state index contributed by atoms with van der Waals surface area (Å²) in [6.07, 6.45) is 0.965. The number of amides is 4. The fourth-order valence-electron chi connectivity index (χ4n) is 10.2. The predicted molar refractivity (Wildman–Crippen MR) is 143 cm³/mol. The maximum absolute atomic E-state index is 14.6. The molecule has 13 nitrogen and oxygen atoms in total. The van der Waals surface area contributed by atoms with Gasteiger partial charge in [-0.05, 0) is 58.6 Å². The predicted octanol–water partition coefficient (Wildman–Crippen LogP) is 0.125. The van der Waals surface area contributed by atoms with Crippen LogP contribution in [0.2, 0.25) is 0 Å². The van der Waals surface area contributed by atoms with Gasteiger partial charge < -0.3 is 26.0 Å². The number of nitrogens with one attached hydrogen (secondary N) is 4. The van der Waals surface area contributed by atoms with Crippen molar-refractivity contribution in [3.63, 3.8) is 0 Å². The molecule has 4 heterocycles. The Morgan fingerprint density at radius 3 is 2.56 bits per heavy atom. The Kier molecular flexibility index (Phi) is 4.05. The van der Waals surface area contributed by atoms with E-state index in [-0.39, 0.29) is 59.4 Å². The zero-order valence-electron chi connectivity index (χ0n) is 22.4. The molecule has 0 unspecified atom stereocenters. The van der Waals surface area contributed by atoms with Crippen molar-refractivity contribution in [1.29, 1.82) is 0 Å². The SMILES string of the molecule is O=C1CN=C(C23C4C5C2C2C3C4C52CNC(=O)c2cc(C(=O)NCc3ccc4c(c3)NC(=O)CO4)nc3c(F)cnn23)N1. The highest BCUT2D eigenvalue weighted by Crippen LogP contribution is 3.10. The summed E-state index contributed by atoms with van der Waals surface area (Å²) < 4.78 is 21.1. The molecule has 0 spiro atoms. The Bertz CT molecular complexity index is 1880. The molecule has 6 aliphatic carbocycles. The number of carbonyl (C=O) groups is 4. The van der Waals surface area contributed by atoms with Crippen LogP contribution in [0.5, 0.6) is 5.75 Å². The Hall–Kier alpha value is -4.88. The van der Waals surface area contributed by atoms with Crippen molar-refractivity contribution >= 4 is 40.8 Å². The van der Waals surface area contributed by atoms with Crippen molar-refractivity contribution in [1.82, 2.24) is 30.5 Å². The number of ether oxygens (including phenoxy) is 1. The van der Waals surface area contributed by atoms with Crippen LogP contribution in [0.4, 0.5) is 10.1 Å². The number of rotatable bonds is 7. The number of hydrogen-bond donors (Lipinski definition) is 4. The summed E-state index contributed by atoms with van der Waals surface area (Å²) in [7, 11) is 0. The monoisotopic (exact) mass is 582 g/mol. The van der Waals surface area contributed by atoms with Gasteiger partial charge in [-0.1, -0.05) is 6.07 Å². The first-order chi connectivity index (χ1) is 20.8. The molecule has 4 N–H and O–H groups in total. The normalized spacial score (nSPS) is 35.8. The van der Waals surface area contributed by atoms with Crippen molar-refractivity contribution in [2.75, 3.05) is 25.0 Å². The molecule has 3 aromatic rings. The van der Waals surface area contributed by atoms with Gasteiger partial charge in [0.15, 0.2) is 18.1 Å². The van der Waals surface area contributed by atoms with Crippen LogP contribution in [-0.4, -0.2) is 63.8 Å². The molecule has 0 saturated heterocycles. The summed E-state index contributed by atoms with van der Waals surface area (Å²) in [5.74, 6) is 2.60. The molecule has 11 rings (SSSR count). The van der Waals surface area contributed by atoms with Gasteiger partial charge in [0.1, 0.15) is 29.5 Å². The van der Waals surface area contributed by atoms with Gasteiger partial charge in [-0.2, -0.15) is 5.10 Å². The fourth-order valence-corrected chi connectivity index (χ4v) is 10.2. The minimum absolute atomic E-state index is 0.0177. The lowest BCUT2D eigenvalue weighted by molar-refractivity contribution is -0.635. The molecular formula is C29H23FN8O5. The molecule has 0 bridgehead atoms. The molecule has 6 saturated carbocycles. The van der Waals surface area contributed by atoms with Crippen LogP contribution >= 0.6 is 0 Å². The van der Waals surface area contributed by atoms with Crippen molar-refractivity contribution in [2.24, 2.45) is 51.3 Å². The number of aromatic nitrogens is 3. The van der Waals surface area contributed by atoms with Gasteiger partial charge in [-0.15, -0.1) is 0 Å². The fraction of sp³-hybridized carbons (Fsp3) is 0.414. The lowest BCUT2D eigenvalue weighted by atomic mass is 8.92. The summed E-state index contributed by atoms with van der Waals surface area (Å²) in [5, 5.41) is 15.5. The molecule has 2 aliphatic heterocycles. The van der Waals surface area contributed by atoms with Gasteiger partial charge in [0.25, 0.3) is 17.7 Å².